The third kappa shape index (κ3) is 5.03. The summed E-state index contributed by atoms with van der Waals surface area (Å²) in [7, 11) is 1.71. The lowest BCUT2D eigenvalue weighted by Crippen LogP contribution is -2.28. The second-order valence-corrected chi connectivity index (χ2v) is 7.96. The molecule has 3 heteroatoms. The number of allylic oxidation sites excluding steroid dienone is 3. The van der Waals surface area contributed by atoms with Crippen LogP contribution in [0.4, 0.5) is 0 Å². The summed E-state index contributed by atoms with van der Waals surface area (Å²) in [6.45, 7) is 13.4. The average molecular weight is 354 g/mol. The van der Waals surface area contributed by atoms with Crippen molar-refractivity contribution in [2.24, 2.45) is 10.4 Å². The smallest absolute Gasteiger partial charge is 0.0779 e. The van der Waals surface area contributed by atoms with Crippen LogP contribution in [0.2, 0.25) is 0 Å². The van der Waals surface area contributed by atoms with Crippen molar-refractivity contribution in [1.82, 2.24) is 0 Å². The minimum absolute atomic E-state index is 0.00663. The second-order valence-electron chi connectivity index (χ2n) is 7.96. The molecule has 0 aromatic heterocycles. The van der Waals surface area contributed by atoms with Crippen LogP contribution in [0, 0.1) is 12.3 Å². The van der Waals surface area contributed by atoms with Gasteiger partial charge in [0.25, 0.3) is 0 Å². The molecule has 0 aliphatic carbocycles. The maximum atomic E-state index is 9.20. The Balaban J connectivity index is 2.54. The first-order valence-electron chi connectivity index (χ1n) is 9.10. The normalized spacial score (nSPS) is 20.5. The van der Waals surface area contributed by atoms with Crippen molar-refractivity contribution in [3.63, 3.8) is 0 Å². The summed E-state index contributed by atoms with van der Waals surface area (Å²) in [4.78, 5) is 4.99. The molecule has 1 aliphatic rings. The summed E-state index contributed by atoms with van der Waals surface area (Å²) >= 11 is 0. The van der Waals surface area contributed by atoms with Gasteiger partial charge in [-0.15, -0.1) is 0 Å². The van der Waals surface area contributed by atoms with Crippen LogP contribution in [0.15, 0.2) is 59.6 Å². The first-order valence-corrected chi connectivity index (χ1v) is 9.10. The number of benzene rings is 1. The molecule has 1 aromatic rings. The molecule has 0 spiro atoms. The van der Waals surface area contributed by atoms with Crippen LogP contribution < -0.4 is 0 Å². The summed E-state index contributed by atoms with van der Waals surface area (Å²) in [6.07, 6.45) is 7.94. The van der Waals surface area contributed by atoms with E-state index in [-0.39, 0.29) is 24.0 Å². The number of aliphatic imine (C=N–C) groups is 1. The van der Waals surface area contributed by atoms with E-state index in [0.717, 1.165) is 16.8 Å². The summed E-state index contributed by atoms with van der Waals surface area (Å²) in [5.74, 6) is 0.126. The number of nitrogens with zero attached hydrogens (tertiary/aromatic N) is 1. The topological polar surface area (TPSA) is 41.8 Å². The second kappa shape index (κ2) is 8.61. The molecule has 2 unspecified atom stereocenters. The Hall–Kier alpha value is -1.97. The summed E-state index contributed by atoms with van der Waals surface area (Å²) in [6, 6.07) is 6.40. The lowest BCUT2D eigenvalue weighted by Gasteiger charge is -2.30. The van der Waals surface area contributed by atoms with E-state index in [4.69, 9.17) is 9.73 Å². The van der Waals surface area contributed by atoms with E-state index in [9.17, 15) is 5.11 Å². The van der Waals surface area contributed by atoms with Crippen molar-refractivity contribution < 1.29 is 9.84 Å². The molecule has 26 heavy (non-hydrogen) atoms. The van der Waals surface area contributed by atoms with Crippen LogP contribution >= 0.6 is 0 Å². The van der Waals surface area contributed by atoms with Crippen molar-refractivity contribution in [2.75, 3.05) is 20.3 Å². The van der Waals surface area contributed by atoms with Gasteiger partial charge in [-0.25, -0.2) is 0 Å². The highest BCUT2D eigenvalue weighted by molar-refractivity contribution is 6.15. The molecule has 0 radical (unpaired) electrons. The van der Waals surface area contributed by atoms with Gasteiger partial charge in [-0.3, -0.25) is 4.99 Å². The van der Waals surface area contributed by atoms with Crippen molar-refractivity contribution in [2.45, 2.75) is 39.7 Å². The van der Waals surface area contributed by atoms with Gasteiger partial charge in [0.1, 0.15) is 0 Å². The van der Waals surface area contributed by atoms with E-state index in [1.54, 1.807) is 13.2 Å². The van der Waals surface area contributed by atoms with E-state index in [0.29, 0.717) is 6.61 Å². The van der Waals surface area contributed by atoms with Crippen LogP contribution in [0.1, 0.15) is 43.4 Å². The summed E-state index contributed by atoms with van der Waals surface area (Å²) in [5.41, 5.74) is 5.46. The lowest BCUT2D eigenvalue weighted by molar-refractivity contribution is 0.174. The zero-order valence-corrected chi connectivity index (χ0v) is 16.6. The highest BCUT2D eigenvalue weighted by Gasteiger charge is 2.30. The molecule has 1 aromatic carbocycles. The summed E-state index contributed by atoms with van der Waals surface area (Å²) < 4.78 is 5.46. The fraction of sp³-hybridized carbons (Fsp3) is 0.435. The number of aliphatic hydroxyl groups excluding tert-OH is 1. The molecule has 140 valence electrons. The largest absolute Gasteiger partial charge is 0.392 e. The van der Waals surface area contributed by atoms with Gasteiger partial charge in [-0.1, -0.05) is 69.4 Å². The van der Waals surface area contributed by atoms with Crippen molar-refractivity contribution >= 4 is 5.71 Å². The fourth-order valence-electron chi connectivity index (χ4n) is 3.12. The van der Waals surface area contributed by atoms with Gasteiger partial charge in [0.05, 0.1) is 25.0 Å². The number of aliphatic hydroxyl groups is 1. The molecule has 0 saturated carbocycles. The van der Waals surface area contributed by atoms with Crippen LogP contribution in [-0.2, 0) is 4.74 Å². The Morgan fingerprint density at radius 1 is 1.35 bits per heavy atom. The Labute approximate surface area is 157 Å². The Morgan fingerprint density at radius 3 is 2.69 bits per heavy atom. The number of rotatable bonds is 6. The van der Waals surface area contributed by atoms with Gasteiger partial charge < -0.3 is 9.84 Å². The predicted octanol–water partition coefficient (Wildman–Crippen LogP) is 4.60. The van der Waals surface area contributed by atoms with E-state index in [1.807, 2.05) is 6.08 Å². The number of methoxy groups -OCH3 is 1. The molecule has 0 amide bonds. The highest BCUT2D eigenvalue weighted by Crippen LogP contribution is 2.34. The molecule has 1 heterocycles. The highest BCUT2D eigenvalue weighted by atomic mass is 16.5. The number of hydrogen-bond acceptors (Lipinski definition) is 3. The molecular weight excluding hydrogens is 322 g/mol. The third-order valence-corrected chi connectivity index (χ3v) is 4.43. The van der Waals surface area contributed by atoms with Gasteiger partial charge in [-0.05, 0) is 29.5 Å². The SMILES string of the molecule is C=C(/C=C\C(C)(C)C)C1=NC(/C=C/CO)C(COC)c2ccc(C)cc21. The zero-order valence-electron chi connectivity index (χ0n) is 16.6. The zero-order chi connectivity index (χ0) is 19.3. The van der Waals surface area contributed by atoms with E-state index < -0.39 is 0 Å². The van der Waals surface area contributed by atoms with Crippen LogP contribution in [-0.4, -0.2) is 37.2 Å². The maximum Gasteiger partial charge on any atom is 0.0779 e. The molecular formula is C23H31NO2. The Morgan fingerprint density at radius 2 is 2.08 bits per heavy atom. The van der Waals surface area contributed by atoms with Gasteiger partial charge in [-0.2, -0.15) is 0 Å². The average Bonchev–Trinajstić information content (AvgIpc) is 2.58. The first kappa shape index (κ1) is 20.3. The summed E-state index contributed by atoms with van der Waals surface area (Å²) in [5, 5.41) is 9.20. The van der Waals surface area contributed by atoms with E-state index in [2.05, 4.69) is 64.6 Å². The standard InChI is InChI=1S/C23H31NO2/c1-16-9-10-18-19(14-16)22(17(2)11-12-23(3,4)5)24-21(8-7-13-25)20(18)15-26-6/h7-12,14,20-21,25H,2,13,15H2,1,3-6H3/b8-7+,12-11-. The molecule has 2 atom stereocenters. The molecule has 0 saturated heterocycles. The fourth-order valence-corrected chi connectivity index (χ4v) is 3.12. The van der Waals surface area contributed by atoms with Crippen molar-refractivity contribution in [3.8, 4) is 0 Å². The number of fused-ring (bicyclic) bond motifs is 1. The Kier molecular flexibility index (Phi) is 6.74. The number of ether oxygens (including phenoxy) is 1. The third-order valence-electron chi connectivity index (χ3n) is 4.43. The maximum absolute atomic E-state index is 9.20. The monoisotopic (exact) mass is 353 g/mol. The van der Waals surface area contributed by atoms with Gasteiger partial charge in [0.2, 0.25) is 0 Å². The molecule has 0 bridgehead atoms. The minimum Gasteiger partial charge on any atom is -0.392 e. The lowest BCUT2D eigenvalue weighted by atomic mass is 9.81. The minimum atomic E-state index is -0.0768. The molecule has 1 aliphatic heterocycles. The predicted molar refractivity (Wildman–Crippen MR) is 110 cm³/mol. The van der Waals surface area contributed by atoms with Crippen LogP contribution in [0.3, 0.4) is 0 Å². The van der Waals surface area contributed by atoms with Gasteiger partial charge in [0.15, 0.2) is 0 Å². The van der Waals surface area contributed by atoms with Crippen LogP contribution in [0.5, 0.6) is 0 Å². The van der Waals surface area contributed by atoms with E-state index >= 15 is 0 Å². The Bertz CT molecular complexity index is 735. The molecule has 0 fully saturated rings. The van der Waals surface area contributed by atoms with E-state index in [1.165, 1.54) is 11.1 Å². The number of aryl methyl sites for hydroxylation is 1. The van der Waals surface area contributed by atoms with Gasteiger partial charge in [0, 0.05) is 18.6 Å². The first-order chi connectivity index (χ1) is 12.3. The molecule has 3 nitrogen and oxygen atoms in total. The molecule has 2 rings (SSSR count). The van der Waals surface area contributed by atoms with Crippen LogP contribution in [0.25, 0.3) is 0 Å². The van der Waals surface area contributed by atoms with Gasteiger partial charge >= 0.3 is 0 Å². The molecule has 1 N–H and O–H groups in total. The quantitative estimate of drug-likeness (QED) is 0.600. The van der Waals surface area contributed by atoms with Crippen molar-refractivity contribution in [1.29, 1.82) is 0 Å². The number of hydrogen-bond donors (Lipinski definition) is 1. The van der Waals surface area contributed by atoms with Crippen molar-refractivity contribution in [3.05, 3.63) is 71.3 Å².